The minimum atomic E-state index is -0.820. The number of amides is 1. The Hall–Kier alpha value is -3.29. The lowest BCUT2D eigenvalue weighted by molar-refractivity contribution is 0.0600. The van der Waals surface area contributed by atoms with Crippen LogP contribution < -0.4 is 10.2 Å². The molecule has 1 amide bonds. The third kappa shape index (κ3) is 4.37. The third-order valence-corrected chi connectivity index (χ3v) is 3.21. The van der Waals surface area contributed by atoms with E-state index in [4.69, 9.17) is 4.74 Å². The smallest absolute Gasteiger partial charge is 0.337 e. The van der Waals surface area contributed by atoms with Gasteiger partial charge < -0.3 is 9.47 Å². The average molecular weight is 348 g/mol. The molecule has 0 aromatic heterocycles. The van der Waals surface area contributed by atoms with Crippen molar-refractivity contribution in [1.29, 1.82) is 0 Å². The summed E-state index contributed by atoms with van der Waals surface area (Å²) in [6.07, 6.45) is 1.03. The molecule has 0 aliphatic carbocycles. The van der Waals surface area contributed by atoms with Gasteiger partial charge in [-0.2, -0.15) is 5.10 Å². The number of esters is 1. The number of ether oxygens (including phenoxy) is 2. The molecule has 2 aromatic rings. The summed E-state index contributed by atoms with van der Waals surface area (Å²) in [5, 5.41) is 3.58. The Bertz CT molecular complexity index is 837. The first kappa shape index (κ1) is 18.1. The Morgan fingerprint density at radius 3 is 2.48 bits per heavy atom. The van der Waals surface area contributed by atoms with Gasteiger partial charge >= 0.3 is 5.97 Å². The zero-order valence-corrected chi connectivity index (χ0v) is 13.4. The van der Waals surface area contributed by atoms with Crippen LogP contribution in [-0.4, -0.2) is 32.3 Å². The fraction of sp³-hybridized carbons (Fsp3) is 0.118. The van der Waals surface area contributed by atoms with E-state index in [0.717, 1.165) is 18.3 Å². The summed E-state index contributed by atoms with van der Waals surface area (Å²) < 4.78 is 36.9. The van der Waals surface area contributed by atoms with E-state index in [1.807, 2.05) is 0 Å². The predicted octanol–water partition coefficient (Wildman–Crippen LogP) is 2.52. The van der Waals surface area contributed by atoms with Gasteiger partial charge in [0, 0.05) is 5.56 Å². The molecule has 1 N–H and O–H groups in total. The lowest BCUT2D eigenvalue weighted by Crippen LogP contribution is -2.19. The zero-order valence-electron chi connectivity index (χ0n) is 13.4. The number of benzene rings is 2. The molecule has 0 saturated heterocycles. The lowest BCUT2D eigenvalue weighted by atomic mass is 10.1. The van der Waals surface area contributed by atoms with Gasteiger partial charge in [-0.25, -0.2) is 19.0 Å². The monoisotopic (exact) mass is 348 g/mol. The van der Waals surface area contributed by atoms with Gasteiger partial charge in [-0.15, -0.1) is 0 Å². The Kier molecular flexibility index (Phi) is 5.78. The number of carbonyl (C=O) groups is 2. The van der Waals surface area contributed by atoms with E-state index < -0.39 is 23.5 Å². The lowest BCUT2D eigenvalue weighted by Gasteiger charge is -2.05. The Balaban J connectivity index is 2.10. The zero-order chi connectivity index (χ0) is 18.4. The second-order valence-corrected chi connectivity index (χ2v) is 4.77. The number of hydrazone groups is 1. The molecule has 2 aromatic carbocycles. The number of rotatable bonds is 5. The van der Waals surface area contributed by atoms with Crippen molar-refractivity contribution in [2.45, 2.75) is 0 Å². The standard InChI is InChI=1S/C17H14F2N2O4/c1-24-12-5-6-14(18)13(8-12)16(22)21-20-9-11-4-3-10(7-15(11)19)17(23)25-2/h3-9H,1-2H3,(H,21,22)/b20-9+. The number of hydrogen-bond acceptors (Lipinski definition) is 5. The molecule has 0 saturated carbocycles. The minimum Gasteiger partial charge on any atom is -0.497 e. The van der Waals surface area contributed by atoms with Gasteiger partial charge in [0.15, 0.2) is 0 Å². The van der Waals surface area contributed by atoms with Gasteiger partial charge in [0.1, 0.15) is 17.4 Å². The first-order valence-corrected chi connectivity index (χ1v) is 7.01. The molecule has 0 atom stereocenters. The molecular formula is C17H14F2N2O4. The molecule has 0 unspecified atom stereocenters. The largest absolute Gasteiger partial charge is 0.497 e. The second-order valence-electron chi connectivity index (χ2n) is 4.77. The van der Waals surface area contributed by atoms with Crippen LogP contribution in [0.2, 0.25) is 0 Å². The van der Waals surface area contributed by atoms with E-state index in [0.29, 0.717) is 5.75 Å². The Labute approximate surface area is 142 Å². The summed E-state index contributed by atoms with van der Waals surface area (Å²) in [5.41, 5.74) is 1.89. The molecule has 0 bridgehead atoms. The molecule has 25 heavy (non-hydrogen) atoms. The molecular weight excluding hydrogens is 334 g/mol. The summed E-state index contributed by atoms with van der Waals surface area (Å²) in [5.74, 6) is -2.67. The minimum absolute atomic E-state index is 0.0269. The van der Waals surface area contributed by atoms with Crippen LogP contribution in [0, 0.1) is 11.6 Å². The van der Waals surface area contributed by atoms with Crippen LogP contribution >= 0.6 is 0 Å². The van der Waals surface area contributed by atoms with Crippen molar-refractivity contribution >= 4 is 18.1 Å². The fourth-order valence-electron chi connectivity index (χ4n) is 1.90. The Morgan fingerprint density at radius 2 is 1.84 bits per heavy atom. The van der Waals surface area contributed by atoms with Gasteiger partial charge in [-0.3, -0.25) is 4.79 Å². The number of nitrogens with one attached hydrogen (secondary N) is 1. The fourth-order valence-corrected chi connectivity index (χ4v) is 1.90. The van der Waals surface area contributed by atoms with Crippen molar-refractivity contribution in [1.82, 2.24) is 5.43 Å². The molecule has 0 heterocycles. The Morgan fingerprint density at radius 1 is 1.08 bits per heavy atom. The molecule has 130 valence electrons. The first-order chi connectivity index (χ1) is 12.0. The van der Waals surface area contributed by atoms with Crippen molar-refractivity contribution in [2.75, 3.05) is 14.2 Å². The van der Waals surface area contributed by atoms with E-state index >= 15 is 0 Å². The van der Waals surface area contributed by atoms with E-state index in [-0.39, 0.29) is 16.7 Å². The molecule has 6 nitrogen and oxygen atoms in total. The summed E-state index contributed by atoms with van der Waals surface area (Å²) in [6.45, 7) is 0. The van der Waals surface area contributed by atoms with Crippen LogP contribution in [0.5, 0.6) is 5.75 Å². The van der Waals surface area contributed by atoms with E-state index in [1.54, 1.807) is 0 Å². The highest BCUT2D eigenvalue weighted by Crippen LogP contribution is 2.16. The SMILES string of the molecule is COC(=O)c1ccc(/C=N/NC(=O)c2cc(OC)ccc2F)c(F)c1. The number of hydrogen-bond donors (Lipinski definition) is 1. The molecule has 0 spiro atoms. The van der Waals surface area contributed by atoms with Crippen LogP contribution in [0.4, 0.5) is 8.78 Å². The molecule has 0 fully saturated rings. The molecule has 0 aliphatic rings. The summed E-state index contributed by atoms with van der Waals surface area (Å²) >= 11 is 0. The molecule has 2 rings (SSSR count). The van der Waals surface area contributed by atoms with Crippen LogP contribution in [0.15, 0.2) is 41.5 Å². The van der Waals surface area contributed by atoms with E-state index in [1.165, 1.54) is 38.5 Å². The van der Waals surface area contributed by atoms with Crippen LogP contribution in [0.25, 0.3) is 0 Å². The predicted molar refractivity (Wildman–Crippen MR) is 85.8 cm³/mol. The number of methoxy groups -OCH3 is 2. The molecule has 0 radical (unpaired) electrons. The highest BCUT2D eigenvalue weighted by Gasteiger charge is 2.13. The van der Waals surface area contributed by atoms with E-state index in [9.17, 15) is 18.4 Å². The molecule has 0 aliphatic heterocycles. The highest BCUT2D eigenvalue weighted by molar-refractivity contribution is 5.95. The third-order valence-electron chi connectivity index (χ3n) is 3.21. The normalized spacial score (nSPS) is 10.6. The van der Waals surface area contributed by atoms with Gasteiger partial charge in [0.25, 0.3) is 5.91 Å². The van der Waals surface area contributed by atoms with Crippen molar-refractivity contribution in [2.24, 2.45) is 5.10 Å². The van der Waals surface area contributed by atoms with Gasteiger partial charge in [0.2, 0.25) is 0 Å². The number of carbonyl (C=O) groups excluding carboxylic acids is 2. The van der Waals surface area contributed by atoms with Crippen LogP contribution in [-0.2, 0) is 4.74 Å². The quantitative estimate of drug-likeness (QED) is 0.512. The average Bonchev–Trinajstić information content (AvgIpc) is 2.62. The summed E-state index contributed by atoms with van der Waals surface area (Å²) in [6, 6.07) is 7.29. The first-order valence-electron chi connectivity index (χ1n) is 7.01. The van der Waals surface area contributed by atoms with Crippen molar-refractivity contribution in [3.05, 3.63) is 64.7 Å². The topological polar surface area (TPSA) is 77.0 Å². The van der Waals surface area contributed by atoms with E-state index in [2.05, 4.69) is 15.3 Å². The second kappa shape index (κ2) is 8.00. The van der Waals surface area contributed by atoms with Crippen LogP contribution in [0.3, 0.4) is 0 Å². The van der Waals surface area contributed by atoms with Crippen molar-refractivity contribution in [3.63, 3.8) is 0 Å². The van der Waals surface area contributed by atoms with Gasteiger partial charge in [-0.1, -0.05) is 0 Å². The van der Waals surface area contributed by atoms with Gasteiger partial charge in [0.05, 0.1) is 31.6 Å². The maximum atomic E-state index is 13.9. The van der Waals surface area contributed by atoms with Gasteiger partial charge in [-0.05, 0) is 36.4 Å². The summed E-state index contributed by atoms with van der Waals surface area (Å²) in [7, 11) is 2.57. The number of halogens is 2. The number of nitrogens with zero attached hydrogens (tertiary/aromatic N) is 1. The van der Waals surface area contributed by atoms with Crippen molar-refractivity contribution < 1.29 is 27.8 Å². The summed E-state index contributed by atoms with van der Waals surface area (Å²) in [4.78, 5) is 23.2. The maximum Gasteiger partial charge on any atom is 0.337 e. The molecule has 8 heteroatoms. The highest BCUT2D eigenvalue weighted by atomic mass is 19.1. The van der Waals surface area contributed by atoms with Crippen molar-refractivity contribution in [3.8, 4) is 5.75 Å². The maximum absolute atomic E-state index is 13.9. The van der Waals surface area contributed by atoms with Crippen LogP contribution in [0.1, 0.15) is 26.3 Å².